The molecule has 0 aliphatic rings. The molecular formula is C16H12N4O. The van der Waals surface area contributed by atoms with Crippen LogP contribution in [0.25, 0.3) is 17.3 Å². The van der Waals surface area contributed by atoms with Crippen LogP contribution in [0.5, 0.6) is 0 Å². The van der Waals surface area contributed by atoms with E-state index in [1.54, 1.807) is 6.08 Å². The van der Waals surface area contributed by atoms with Gasteiger partial charge in [-0.3, -0.25) is 4.79 Å². The minimum absolute atomic E-state index is 0.217. The molecule has 0 saturated carbocycles. The lowest BCUT2D eigenvalue weighted by Gasteiger charge is -2.09. The van der Waals surface area contributed by atoms with E-state index in [0.29, 0.717) is 11.3 Å². The first-order valence-electron chi connectivity index (χ1n) is 6.37. The number of hydrogen-bond acceptors (Lipinski definition) is 4. The van der Waals surface area contributed by atoms with Gasteiger partial charge in [-0.2, -0.15) is 15.6 Å². The quantitative estimate of drug-likeness (QED) is 0.802. The summed E-state index contributed by atoms with van der Waals surface area (Å²) in [7, 11) is 0. The first kappa shape index (κ1) is 14.2. The molecule has 0 aliphatic carbocycles. The Kier molecular flexibility index (Phi) is 4.63. The first-order valence-corrected chi connectivity index (χ1v) is 6.37. The van der Waals surface area contributed by atoms with Gasteiger partial charge in [0.15, 0.2) is 0 Å². The molecule has 0 unspecified atom stereocenters. The second kappa shape index (κ2) is 6.83. The molecule has 21 heavy (non-hydrogen) atoms. The smallest absolute Gasteiger partial charge is 0.267 e. The number of aryl methyl sites for hydroxylation is 1. The Hall–Kier alpha value is -3.18. The summed E-state index contributed by atoms with van der Waals surface area (Å²) >= 11 is 0. The average Bonchev–Trinajstić information content (AvgIpc) is 2.52. The fourth-order valence-corrected chi connectivity index (χ4v) is 1.89. The zero-order chi connectivity index (χ0) is 15.1. The third kappa shape index (κ3) is 3.43. The van der Waals surface area contributed by atoms with Gasteiger partial charge < -0.3 is 0 Å². The molecule has 0 bridgehead atoms. The van der Waals surface area contributed by atoms with Crippen LogP contribution in [-0.2, 0) is 6.54 Å². The molecule has 0 radical (unpaired) electrons. The largest absolute Gasteiger partial charge is 0.268 e. The minimum atomic E-state index is -0.289. The van der Waals surface area contributed by atoms with Gasteiger partial charge in [-0.1, -0.05) is 30.3 Å². The summed E-state index contributed by atoms with van der Waals surface area (Å²) in [6, 6.07) is 14.7. The third-order valence-electron chi connectivity index (χ3n) is 2.85. The van der Waals surface area contributed by atoms with Gasteiger partial charge in [-0.15, -0.1) is 0 Å². The molecule has 1 aromatic heterocycles. The molecule has 2 rings (SSSR count). The van der Waals surface area contributed by atoms with Gasteiger partial charge in [0.1, 0.15) is 0 Å². The molecule has 0 aliphatic heterocycles. The molecule has 0 saturated heterocycles. The lowest BCUT2D eigenvalue weighted by Crippen LogP contribution is -2.23. The summed E-state index contributed by atoms with van der Waals surface area (Å²) in [4.78, 5) is 12.0. The number of aromatic nitrogens is 2. The van der Waals surface area contributed by atoms with Crippen molar-refractivity contribution in [2.24, 2.45) is 0 Å². The summed E-state index contributed by atoms with van der Waals surface area (Å²) < 4.78 is 1.27. The van der Waals surface area contributed by atoms with Gasteiger partial charge in [0.2, 0.25) is 0 Å². The second-order valence-electron chi connectivity index (χ2n) is 4.25. The summed E-state index contributed by atoms with van der Waals surface area (Å²) in [6.07, 6.45) is 3.09. The fraction of sp³-hybridized carbons (Fsp3) is 0.125. The zero-order valence-electron chi connectivity index (χ0n) is 11.2. The highest BCUT2D eigenvalue weighted by Crippen LogP contribution is 2.20. The highest BCUT2D eigenvalue weighted by molar-refractivity contribution is 5.71. The molecule has 2 aromatic rings. The highest BCUT2D eigenvalue weighted by atomic mass is 16.1. The van der Waals surface area contributed by atoms with Crippen LogP contribution in [0.2, 0.25) is 0 Å². The number of rotatable bonds is 4. The van der Waals surface area contributed by atoms with E-state index in [4.69, 9.17) is 10.5 Å². The molecule has 1 heterocycles. The van der Waals surface area contributed by atoms with E-state index < -0.39 is 0 Å². The number of allylic oxidation sites excluding steroid dienone is 1. The fourth-order valence-electron chi connectivity index (χ4n) is 1.89. The Bertz CT molecular complexity index is 792. The number of nitrogens with zero attached hydrogens (tertiary/aromatic N) is 4. The van der Waals surface area contributed by atoms with Crippen LogP contribution >= 0.6 is 0 Å². The number of hydrogen-bond donors (Lipinski definition) is 0. The van der Waals surface area contributed by atoms with E-state index >= 15 is 0 Å². The monoisotopic (exact) mass is 276 g/mol. The van der Waals surface area contributed by atoms with Gasteiger partial charge >= 0.3 is 0 Å². The van der Waals surface area contributed by atoms with Gasteiger partial charge in [-0.25, -0.2) is 4.68 Å². The Labute approximate surface area is 122 Å². The molecule has 0 N–H and O–H groups in total. The van der Waals surface area contributed by atoms with Crippen molar-refractivity contribution in [1.29, 1.82) is 10.5 Å². The Morgan fingerprint density at radius 1 is 1.24 bits per heavy atom. The maximum Gasteiger partial charge on any atom is 0.267 e. The van der Waals surface area contributed by atoms with Crippen molar-refractivity contribution in [3.05, 3.63) is 58.4 Å². The van der Waals surface area contributed by atoms with Crippen molar-refractivity contribution in [3.63, 3.8) is 0 Å². The highest BCUT2D eigenvalue weighted by Gasteiger charge is 2.09. The van der Waals surface area contributed by atoms with Crippen LogP contribution in [-0.4, -0.2) is 9.78 Å². The van der Waals surface area contributed by atoms with E-state index in [1.165, 1.54) is 16.8 Å². The van der Waals surface area contributed by atoms with E-state index in [9.17, 15) is 4.79 Å². The molecule has 1 aromatic carbocycles. The van der Waals surface area contributed by atoms with Crippen molar-refractivity contribution in [2.45, 2.75) is 13.0 Å². The first-order chi connectivity index (χ1) is 10.3. The van der Waals surface area contributed by atoms with Crippen LogP contribution in [0.4, 0.5) is 0 Å². The number of benzene rings is 1. The van der Waals surface area contributed by atoms with Crippen LogP contribution in [0.15, 0.2) is 47.3 Å². The van der Waals surface area contributed by atoms with E-state index in [1.807, 2.05) is 42.5 Å². The molecule has 5 heteroatoms. The SMILES string of the molecule is N#C/C=C/c1cc(=O)n(CCC#N)nc1-c1ccccc1. The molecule has 5 nitrogen and oxygen atoms in total. The van der Waals surface area contributed by atoms with Crippen molar-refractivity contribution < 1.29 is 0 Å². The van der Waals surface area contributed by atoms with Crippen molar-refractivity contribution >= 4 is 6.08 Å². The summed E-state index contributed by atoms with van der Waals surface area (Å²) in [5.41, 5.74) is 1.75. The van der Waals surface area contributed by atoms with Crippen molar-refractivity contribution in [1.82, 2.24) is 9.78 Å². The van der Waals surface area contributed by atoms with Gasteiger partial charge in [0.25, 0.3) is 5.56 Å². The van der Waals surface area contributed by atoms with Crippen molar-refractivity contribution in [3.8, 4) is 23.4 Å². The zero-order valence-corrected chi connectivity index (χ0v) is 11.2. The van der Waals surface area contributed by atoms with Gasteiger partial charge in [0, 0.05) is 23.3 Å². The summed E-state index contributed by atoms with van der Waals surface area (Å²) in [6.45, 7) is 0.247. The van der Waals surface area contributed by atoms with Crippen LogP contribution in [0.1, 0.15) is 12.0 Å². The second-order valence-corrected chi connectivity index (χ2v) is 4.25. The Morgan fingerprint density at radius 3 is 2.67 bits per heavy atom. The predicted octanol–water partition coefficient (Wildman–Crippen LogP) is 2.36. The molecule has 0 amide bonds. The predicted molar refractivity (Wildman–Crippen MR) is 78.8 cm³/mol. The van der Waals surface area contributed by atoms with Gasteiger partial charge in [0.05, 0.1) is 30.8 Å². The maximum absolute atomic E-state index is 12.0. The van der Waals surface area contributed by atoms with E-state index in [0.717, 1.165) is 5.56 Å². The third-order valence-corrected chi connectivity index (χ3v) is 2.85. The summed E-state index contributed by atoms with van der Waals surface area (Å²) in [5, 5.41) is 21.6. The van der Waals surface area contributed by atoms with Crippen LogP contribution in [0.3, 0.4) is 0 Å². The van der Waals surface area contributed by atoms with Crippen LogP contribution in [0, 0.1) is 22.7 Å². The molecule has 0 fully saturated rings. The molecule has 0 spiro atoms. The number of nitriles is 2. The lowest BCUT2D eigenvalue weighted by molar-refractivity contribution is 0.591. The van der Waals surface area contributed by atoms with E-state index in [2.05, 4.69) is 5.10 Å². The maximum atomic E-state index is 12.0. The normalized spacial score (nSPS) is 10.2. The Balaban J connectivity index is 2.59. The molecule has 0 atom stereocenters. The lowest BCUT2D eigenvalue weighted by atomic mass is 10.1. The topological polar surface area (TPSA) is 82.5 Å². The van der Waals surface area contributed by atoms with Gasteiger partial charge in [-0.05, 0) is 6.08 Å². The Morgan fingerprint density at radius 2 is 2.00 bits per heavy atom. The summed E-state index contributed by atoms with van der Waals surface area (Å²) in [5.74, 6) is 0. The molecular weight excluding hydrogens is 264 g/mol. The van der Waals surface area contributed by atoms with E-state index in [-0.39, 0.29) is 18.5 Å². The molecule has 102 valence electrons. The van der Waals surface area contributed by atoms with Crippen molar-refractivity contribution in [2.75, 3.05) is 0 Å². The minimum Gasteiger partial charge on any atom is -0.268 e. The standard InChI is InChI=1S/C16H12N4O/c17-9-4-8-14-12-15(21)20(11-5-10-18)19-16(14)13-6-2-1-3-7-13/h1-4,6-8,12H,5,11H2/b8-4+. The van der Waals surface area contributed by atoms with Crippen LogP contribution < -0.4 is 5.56 Å². The average molecular weight is 276 g/mol.